The van der Waals surface area contributed by atoms with Crippen LogP contribution in [0.4, 0.5) is 14.9 Å². The number of carbonyl (C=O) groups excluding carboxylic acids is 1. The van der Waals surface area contributed by atoms with Gasteiger partial charge in [0.05, 0.1) is 5.69 Å². The lowest BCUT2D eigenvalue weighted by molar-refractivity contribution is 0.251. The number of nitrogens with zero attached hydrogens (tertiary/aromatic N) is 2. The van der Waals surface area contributed by atoms with Crippen LogP contribution in [0.1, 0.15) is 17.0 Å². The molecule has 0 bridgehead atoms. The van der Waals surface area contributed by atoms with E-state index in [1.54, 1.807) is 18.5 Å². The molecule has 0 aliphatic carbocycles. The molecule has 0 radical (unpaired) electrons. The number of urea groups is 1. The van der Waals surface area contributed by atoms with E-state index in [0.29, 0.717) is 11.0 Å². The summed E-state index contributed by atoms with van der Waals surface area (Å²) in [4.78, 5) is 16.7. The second-order valence-corrected chi connectivity index (χ2v) is 7.93. The van der Waals surface area contributed by atoms with E-state index in [-0.39, 0.29) is 11.6 Å². The van der Waals surface area contributed by atoms with Gasteiger partial charge in [0.25, 0.3) is 0 Å². The molecule has 4 aromatic rings. The van der Waals surface area contributed by atoms with Crippen LogP contribution in [0.25, 0.3) is 10.9 Å². The number of aryl methyl sites for hydroxylation is 1. The lowest BCUT2D eigenvalue weighted by Gasteiger charge is -2.18. The molecule has 0 spiro atoms. The fourth-order valence-corrected chi connectivity index (χ4v) is 3.93. The van der Waals surface area contributed by atoms with Gasteiger partial charge >= 0.3 is 6.03 Å². The number of halogens is 2. The Bertz CT molecular complexity index is 1190. The second kappa shape index (κ2) is 8.67. The Morgan fingerprint density at radius 2 is 2.03 bits per heavy atom. The minimum atomic E-state index is -0.502. The predicted molar refractivity (Wildman–Crippen MR) is 120 cm³/mol. The number of amides is 2. The molecule has 5 nitrogen and oxygen atoms in total. The van der Waals surface area contributed by atoms with Crippen LogP contribution in [0, 0.1) is 5.82 Å². The van der Waals surface area contributed by atoms with Gasteiger partial charge in [-0.2, -0.15) is 0 Å². The van der Waals surface area contributed by atoms with Crippen LogP contribution < -0.4 is 10.6 Å². The summed E-state index contributed by atoms with van der Waals surface area (Å²) in [5.41, 5.74) is 3.32. The maximum Gasteiger partial charge on any atom is 0.319 e. The highest BCUT2D eigenvalue weighted by Gasteiger charge is 2.20. The summed E-state index contributed by atoms with van der Waals surface area (Å²) in [7, 11) is 2.00. The smallest absolute Gasteiger partial charge is 0.319 e. The van der Waals surface area contributed by atoms with Crippen LogP contribution in [0.5, 0.6) is 0 Å². The standard InChI is InChI=1S/C23H20BrFN4O/c1-29-14-19(17-6-2-3-7-22(17)29)18(15-5-4-10-26-12-15)13-27-23(30)28-21-9-8-16(24)11-20(21)25/h2-12,14,18H,13H2,1H3,(H2,27,28,30). The summed E-state index contributed by atoms with van der Waals surface area (Å²) in [5.74, 6) is -0.609. The molecule has 2 amide bonds. The highest BCUT2D eigenvalue weighted by molar-refractivity contribution is 9.10. The van der Waals surface area contributed by atoms with Crippen molar-refractivity contribution in [3.63, 3.8) is 0 Å². The monoisotopic (exact) mass is 466 g/mol. The SMILES string of the molecule is Cn1cc(C(CNC(=O)Nc2ccc(Br)cc2F)c2cccnc2)c2ccccc21. The van der Waals surface area contributed by atoms with Gasteiger partial charge in [-0.1, -0.05) is 40.2 Å². The van der Waals surface area contributed by atoms with Crippen molar-refractivity contribution < 1.29 is 9.18 Å². The van der Waals surface area contributed by atoms with Crippen LogP contribution in [0.2, 0.25) is 0 Å². The topological polar surface area (TPSA) is 59.0 Å². The lowest BCUT2D eigenvalue weighted by Crippen LogP contribution is -2.33. The summed E-state index contributed by atoms with van der Waals surface area (Å²) in [6, 6.07) is 16.1. The zero-order valence-corrected chi connectivity index (χ0v) is 17.9. The first-order valence-electron chi connectivity index (χ1n) is 9.46. The first-order valence-corrected chi connectivity index (χ1v) is 10.3. The number of carbonyl (C=O) groups is 1. The average Bonchev–Trinajstić information content (AvgIpc) is 3.08. The molecule has 1 unspecified atom stereocenters. The molecule has 4 rings (SSSR count). The van der Waals surface area contributed by atoms with Gasteiger partial charge in [-0.3, -0.25) is 4.98 Å². The molecule has 0 saturated carbocycles. The third-order valence-electron chi connectivity index (χ3n) is 5.04. The maximum absolute atomic E-state index is 14.0. The Balaban J connectivity index is 1.59. The number of nitrogens with one attached hydrogen (secondary N) is 2. The first kappa shape index (κ1) is 20.1. The van der Waals surface area contributed by atoms with Gasteiger partial charge in [0.2, 0.25) is 0 Å². The van der Waals surface area contributed by atoms with Crippen molar-refractivity contribution in [2.45, 2.75) is 5.92 Å². The van der Waals surface area contributed by atoms with E-state index in [4.69, 9.17) is 0 Å². The molecule has 2 heterocycles. The minimum absolute atomic E-state index is 0.106. The zero-order chi connectivity index (χ0) is 21.1. The molecule has 2 aromatic heterocycles. The molecule has 0 saturated heterocycles. The van der Waals surface area contributed by atoms with Crippen LogP contribution in [-0.4, -0.2) is 22.1 Å². The molecular formula is C23H20BrFN4O. The number of benzene rings is 2. The largest absolute Gasteiger partial charge is 0.350 e. The summed E-state index contributed by atoms with van der Waals surface area (Å²) in [6.07, 6.45) is 5.61. The van der Waals surface area contributed by atoms with Crippen LogP contribution in [0.15, 0.2) is 77.7 Å². The predicted octanol–water partition coefficient (Wildman–Crippen LogP) is 5.43. The van der Waals surface area contributed by atoms with Gasteiger partial charge in [-0.25, -0.2) is 9.18 Å². The molecule has 2 aromatic carbocycles. The van der Waals surface area contributed by atoms with Crippen molar-refractivity contribution in [2.24, 2.45) is 7.05 Å². The summed E-state index contributed by atoms with van der Waals surface area (Å²) in [6.45, 7) is 0.337. The Morgan fingerprint density at radius 3 is 2.80 bits per heavy atom. The fraction of sp³-hybridized carbons (Fsp3) is 0.130. The van der Waals surface area contributed by atoms with E-state index in [1.807, 2.05) is 31.3 Å². The van der Waals surface area contributed by atoms with E-state index in [0.717, 1.165) is 22.0 Å². The Morgan fingerprint density at radius 1 is 1.20 bits per heavy atom. The Kier molecular flexibility index (Phi) is 5.81. The van der Waals surface area contributed by atoms with Crippen LogP contribution in [-0.2, 0) is 7.05 Å². The van der Waals surface area contributed by atoms with Gasteiger partial charge in [-0.05, 0) is 41.5 Å². The number of hydrogen-bond donors (Lipinski definition) is 2. The summed E-state index contributed by atoms with van der Waals surface area (Å²) >= 11 is 3.21. The van der Waals surface area contributed by atoms with Crippen LogP contribution >= 0.6 is 15.9 Å². The number of fused-ring (bicyclic) bond motifs is 1. The van der Waals surface area contributed by atoms with Crippen molar-refractivity contribution in [3.05, 3.63) is 94.6 Å². The van der Waals surface area contributed by atoms with Crippen LogP contribution in [0.3, 0.4) is 0 Å². The molecule has 30 heavy (non-hydrogen) atoms. The van der Waals surface area contributed by atoms with Gasteiger partial charge in [0.1, 0.15) is 5.82 Å². The van der Waals surface area contributed by atoms with E-state index in [1.165, 1.54) is 12.1 Å². The molecule has 152 valence electrons. The molecule has 0 fully saturated rings. The molecular weight excluding hydrogens is 447 g/mol. The summed E-state index contributed by atoms with van der Waals surface area (Å²) in [5, 5.41) is 6.57. The van der Waals surface area contributed by atoms with E-state index in [2.05, 4.69) is 54.4 Å². The average molecular weight is 467 g/mol. The third kappa shape index (κ3) is 4.21. The highest BCUT2D eigenvalue weighted by Crippen LogP contribution is 2.31. The molecule has 7 heteroatoms. The van der Waals surface area contributed by atoms with Gasteiger partial charge in [-0.15, -0.1) is 0 Å². The van der Waals surface area contributed by atoms with Crippen molar-refractivity contribution in [1.29, 1.82) is 0 Å². The summed E-state index contributed by atoms with van der Waals surface area (Å²) < 4.78 is 16.7. The highest BCUT2D eigenvalue weighted by atomic mass is 79.9. The second-order valence-electron chi connectivity index (χ2n) is 7.01. The van der Waals surface area contributed by atoms with Crippen molar-refractivity contribution in [1.82, 2.24) is 14.9 Å². The quantitative estimate of drug-likeness (QED) is 0.412. The minimum Gasteiger partial charge on any atom is -0.350 e. The number of pyridine rings is 1. The number of hydrogen-bond acceptors (Lipinski definition) is 2. The van der Waals surface area contributed by atoms with Crippen molar-refractivity contribution >= 4 is 38.6 Å². The number of anilines is 1. The molecule has 2 N–H and O–H groups in total. The lowest BCUT2D eigenvalue weighted by atomic mass is 9.92. The van der Waals surface area contributed by atoms with Gasteiger partial charge in [0.15, 0.2) is 0 Å². The van der Waals surface area contributed by atoms with Gasteiger partial charge in [0, 0.05) is 53.5 Å². The van der Waals surface area contributed by atoms with Crippen molar-refractivity contribution in [3.8, 4) is 0 Å². The number of para-hydroxylation sites is 1. The molecule has 1 atom stereocenters. The van der Waals surface area contributed by atoms with Crippen molar-refractivity contribution in [2.75, 3.05) is 11.9 Å². The number of rotatable bonds is 5. The van der Waals surface area contributed by atoms with E-state index < -0.39 is 11.8 Å². The molecule has 0 aliphatic rings. The molecule has 0 aliphatic heterocycles. The van der Waals surface area contributed by atoms with E-state index >= 15 is 0 Å². The first-order chi connectivity index (χ1) is 14.5. The zero-order valence-electron chi connectivity index (χ0n) is 16.3. The maximum atomic E-state index is 14.0. The normalized spacial score (nSPS) is 12.0. The number of aromatic nitrogens is 2. The fourth-order valence-electron chi connectivity index (χ4n) is 3.59. The third-order valence-corrected chi connectivity index (χ3v) is 5.53. The Hall–Kier alpha value is -3.19. The Labute approximate surface area is 182 Å². The van der Waals surface area contributed by atoms with Gasteiger partial charge < -0.3 is 15.2 Å². The van der Waals surface area contributed by atoms with E-state index in [9.17, 15) is 9.18 Å².